The average Bonchev–Trinajstić information content (AvgIpc) is 3.21. The molecule has 1 saturated carbocycles. The Morgan fingerprint density at radius 3 is 2.56 bits per heavy atom. The molecule has 0 aromatic heterocycles. The van der Waals surface area contributed by atoms with Gasteiger partial charge in [0.15, 0.2) is 5.96 Å². The van der Waals surface area contributed by atoms with Gasteiger partial charge in [0.1, 0.15) is 5.60 Å². The quantitative estimate of drug-likeness (QED) is 0.391. The number of nitrogens with one attached hydrogen (secondary N) is 2. The van der Waals surface area contributed by atoms with E-state index in [1.165, 1.54) is 5.56 Å². The van der Waals surface area contributed by atoms with Crippen molar-refractivity contribution in [3.63, 3.8) is 0 Å². The standard InChI is InChI=1S/C20H30N4O2.HI/c1-20(2,3)26-19(25)22-15-10-11-24(13-15)18(21-4)23-17-12-16(17)14-8-6-5-7-9-14;/h5-9,15-17H,10-13H2,1-4H3,(H,21,23)(H,22,25);1H. The molecule has 150 valence electrons. The van der Waals surface area contributed by atoms with Crippen molar-refractivity contribution in [2.45, 2.75) is 57.2 Å². The number of halogens is 1. The number of likely N-dealkylation sites (tertiary alicyclic amines) is 1. The van der Waals surface area contributed by atoms with E-state index in [2.05, 4.69) is 50.9 Å². The first-order chi connectivity index (χ1) is 12.4. The Balaban J connectivity index is 0.00000261. The number of hydrogen-bond acceptors (Lipinski definition) is 3. The van der Waals surface area contributed by atoms with Crippen molar-refractivity contribution < 1.29 is 9.53 Å². The van der Waals surface area contributed by atoms with Crippen LogP contribution in [0.3, 0.4) is 0 Å². The van der Waals surface area contributed by atoms with E-state index in [4.69, 9.17) is 4.74 Å². The number of rotatable bonds is 3. The van der Waals surface area contributed by atoms with E-state index in [1.54, 1.807) is 0 Å². The number of aliphatic imine (C=N–C) groups is 1. The zero-order valence-corrected chi connectivity index (χ0v) is 18.9. The van der Waals surface area contributed by atoms with Crippen molar-refractivity contribution in [3.8, 4) is 0 Å². The number of alkyl carbamates (subject to hydrolysis) is 1. The fourth-order valence-corrected chi connectivity index (χ4v) is 3.43. The molecule has 0 bridgehead atoms. The molecule has 2 N–H and O–H groups in total. The molecule has 27 heavy (non-hydrogen) atoms. The van der Waals surface area contributed by atoms with E-state index in [-0.39, 0.29) is 36.1 Å². The van der Waals surface area contributed by atoms with Gasteiger partial charge in [0.2, 0.25) is 0 Å². The topological polar surface area (TPSA) is 66.0 Å². The monoisotopic (exact) mass is 486 g/mol. The molecule has 7 heteroatoms. The maximum Gasteiger partial charge on any atom is 0.407 e. The first kappa shape index (κ1) is 21.8. The summed E-state index contributed by atoms with van der Waals surface area (Å²) in [6.45, 7) is 7.25. The highest BCUT2D eigenvalue weighted by atomic mass is 127. The molecular weight excluding hydrogens is 455 g/mol. The molecular formula is C20H31IN4O2. The number of amides is 1. The van der Waals surface area contributed by atoms with Crippen LogP contribution < -0.4 is 10.6 Å². The summed E-state index contributed by atoms with van der Waals surface area (Å²) in [5.74, 6) is 1.48. The van der Waals surface area contributed by atoms with E-state index >= 15 is 0 Å². The summed E-state index contributed by atoms with van der Waals surface area (Å²) in [6.07, 6.45) is 1.68. The molecule has 3 unspecified atom stereocenters. The number of ether oxygens (including phenoxy) is 1. The smallest absolute Gasteiger partial charge is 0.407 e. The number of carbonyl (C=O) groups excluding carboxylic acids is 1. The summed E-state index contributed by atoms with van der Waals surface area (Å²) in [4.78, 5) is 18.6. The fourth-order valence-electron chi connectivity index (χ4n) is 3.43. The van der Waals surface area contributed by atoms with Gasteiger partial charge in [-0.05, 0) is 39.2 Å². The minimum Gasteiger partial charge on any atom is -0.444 e. The zero-order chi connectivity index (χ0) is 18.7. The maximum atomic E-state index is 12.0. The zero-order valence-electron chi connectivity index (χ0n) is 16.6. The van der Waals surface area contributed by atoms with E-state index in [0.717, 1.165) is 31.9 Å². The summed E-state index contributed by atoms with van der Waals surface area (Å²) in [5.41, 5.74) is 0.907. The normalized spacial score (nSPS) is 24.8. The molecule has 1 amide bonds. The van der Waals surface area contributed by atoms with Crippen LogP contribution in [0.25, 0.3) is 0 Å². The van der Waals surface area contributed by atoms with Crippen LogP contribution in [0.2, 0.25) is 0 Å². The first-order valence-corrected chi connectivity index (χ1v) is 9.38. The second-order valence-corrected chi connectivity index (χ2v) is 8.13. The highest BCUT2D eigenvalue weighted by Gasteiger charge is 2.40. The average molecular weight is 486 g/mol. The molecule has 1 aliphatic carbocycles. The maximum absolute atomic E-state index is 12.0. The third-order valence-corrected chi connectivity index (χ3v) is 4.75. The van der Waals surface area contributed by atoms with E-state index < -0.39 is 5.60 Å². The number of guanidine groups is 1. The van der Waals surface area contributed by atoms with Gasteiger partial charge in [0.05, 0.1) is 6.04 Å². The van der Waals surface area contributed by atoms with Crippen molar-refractivity contribution >= 4 is 36.0 Å². The largest absolute Gasteiger partial charge is 0.444 e. The first-order valence-electron chi connectivity index (χ1n) is 9.38. The molecule has 1 aliphatic heterocycles. The lowest BCUT2D eigenvalue weighted by atomic mass is 10.1. The lowest BCUT2D eigenvalue weighted by molar-refractivity contribution is 0.0507. The summed E-state index contributed by atoms with van der Waals surface area (Å²) < 4.78 is 5.34. The van der Waals surface area contributed by atoms with E-state index in [0.29, 0.717) is 12.0 Å². The molecule has 0 radical (unpaired) electrons. The fraction of sp³-hybridized carbons (Fsp3) is 0.600. The molecule has 2 fully saturated rings. The number of hydrogen-bond donors (Lipinski definition) is 2. The lowest BCUT2D eigenvalue weighted by Gasteiger charge is -2.23. The van der Waals surface area contributed by atoms with Crippen LogP contribution >= 0.6 is 24.0 Å². The summed E-state index contributed by atoms with van der Waals surface area (Å²) >= 11 is 0. The minimum atomic E-state index is -0.474. The van der Waals surface area contributed by atoms with Gasteiger partial charge in [-0.3, -0.25) is 4.99 Å². The predicted molar refractivity (Wildman–Crippen MR) is 119 cm³/mol. The molecule has 0 spiro atoms. The summed E-state index contributed by atoms with van der Waals surface area (Å²) in [5, 5.41) is 6.54. The molecule has 1 aromatic carbocycles. The number of nitrogens with zero attached hydrogens (tertiary/aromatic N) is 2. The van der Waals surface area contributed by atoms with Crippen LogP contribution in [-0.2, 0) is 4.74 Å². The van der Waals surface area contributed by atoms with Gasteiger partial charge in [-0.2, -0.15) is 0 Å². The van der Waals surface area contributed by atoms with Crippen molar-refractivity contribution in [1.82, 2.24) is 15.5 Å². The van der Waals surface area contributed by atoms with Crippen molar-refractivity contribution in [1.29, 1.82) is 0 Å². The van der Waals surface area contributed by atoms with Crippen LogP contribution in [0, 0.1) is 0 Å². The van der Waals surface area contributed by atoms with Crippen molar-refractivity contribution in [2.75, 3.05) is 20.1 Å². The second kappa shape index (κ2) is 9.12. The van der Waals surface area contributed by atoms with Gasteiger partial charge >= 0.3 is 6.09 Å². The van der Waals surface area contributed by atoms with Gasteiger partial charge in [0, 0.05) is 32.1 Å². The molecule has 2 aliphatic rings. The van der Waals surface area contributed by atoms with Crippen molar-refractivity contribution in [3.05, 3.63) is 35.9 Å². The van der Waals surface area contributed by atoms with Crippen LogP contribution in [0.1, 0.15) is 45.1 Å². The summed E-state index contributed by atoms with van der Waals surface area (Å²) in [7, 11) is 1.82. The third kappa shape index (κ3) is 6.26. The van der Waals surface area contributed by atoms with Gasteiger partial charge < -0.3 is 20.3 Å². The van der Waals surface area contributed by atoms with Gasteiger partial charge in [-0.1, -0.05) is 30.3 Å². The van der Waals surface area contributed by atoms with Gasteiger partial charge in [-0.25, -0.2) is 4.79 Å². The Morgan fingerprint density at radius 2 is 1.93 bits per heavy atom. The predicted octanol–water partition coefficient (Wildman–Crippen LogP) is 3.33. The summed E-state index contributed by atoms with van der Waals surface area (Å²) in [6, 6.07) is 11.1. The van der Waals surface area contributed by atoms with Crippen LogP contribution in [0.15, 0.2) is 35.3 Å². The Hall–Kier alpha value is -1.51. The minimum absolute atomic E-state index is 0. The Bertz CT molecular complexity index is 660. The number of benzene rings is 1. The molecule has 6 nitrogen and oxygen atoms in total. The Morgan fingerprint density at radius 1 is 1.22 bits per heavy atom. The van der Waals surface area contributed by atoms with Crippen molar-refractivity contribution in [2.24, 2.45) is 4.99 Å². The van der Waals surface area contributed by atoms with E-state index in [1.807, 2.05) is 27.8 Å². The van der Waals surface area contributed by atoms with Gasteiger partial charge in [-0.15, -0.1) is 24.0 Å². The molecule has 1 saturated heterocycles. The SMILES string of the molecule is CN=C(NC1CC1c1ccccc1)N1CCC(NC(=O)OC(C)(C)C)C1.I. The third-order valence-electron chi connectivity index (χ3n) is 4.75. The van der Waals surface area contributed by atoms with E-state index in [9.17, 15) is 4.79 Å². The molecule has 1 heterocycles. The van der Waals surface area contributed by atoms with Crippen LogP contribution in [-0.4, -0.2) is 54.8 Å². The van der Waals surface area contributed by atoms with Gasteiger partial charge in [0.25, 0.3) is 0 Å². The highest BCUT2D eigenvalue weighted by Crippen LogP contribution is 2.40. The molecule has 3 atom stereocenters. The number of carbonyl (C=O) groups is 1. The van der Waals surface area contributed by atoms with Crippen LogP contribution in [0.4, 0.5) is 4.79 Å². The highest BCUT2D eigenvalue weighted by molar-refractivity contribution is 14.0. The molecule has 1 aromatic rings. The Labute approximate surface area is 179 Å². The lowest BCUT2D eigenvalue weighted by Crippen LogP contribution is -2.44. The second-order valence-electron chi connectivity index (χ2n) is 8.13. The Kier molecular flexibility index (Phi) is 7.36. The molecule has 3 rings (SSSR count). The van der Waals surface area contributed by atoms with Crippen LogP contribution in [0.5, 0.6) is 0 Å².